The van der Waals surface area contributed by atoms with E-state index in [0.29, 0.717) is 37.8 Å². The summed E-state index contributed by atoms with van der Waals surface area (Å²) in [6.45, 7) is 3.99. The highest BCUT2D eigenvalue weighted by molar-refractivity contribution is 14.0. The Balaban J connectivity index is 0.00000450. The van der Waals surface area contributed by atoms with Gasteiger partial charge in [-0.3, -0.25) is 4.99 Å². The van der Waals surface area contributed by atoms with Crippen LogP contribution in [-0.4, -0.2) is 58.4 Å². The van der Waals surface area contributed by atoms with Crippen molar-refractivity contribution < 1.29 is 13.9 Å². The monoisotopic (exact) mass is 530 g/mol. The van der Waals surface area contributed by atoms with Gasteiger partial charge in [-0.25, -0.2) is 4.39 Å². The number of ether oxygens (including phenoxy) is 2. The normalized spacial score (nSPS) is 11.2. The van der Waals surface area contributed by atoms with Gasteiger partial charge in [-0.15, -0.1) is 24.0 Å². The summed E-state index contributed by atoms with van der Waals surface area (Å²) in [5.41, 5.74) is 1.67. The van der Waals surface area contributed by atoms with E-state index in [1.54, 1.807) is 26.3 Å². The first-order valence-corrected chi connectivity index (χ1v) is 9.69. The van der Waals surface area contributed by atoms with Crippen molar-refractivity contribution >= 4 is 29.9 Å². The van der Waals surface area contributed by atoms with Crippen LogP contribution in [0.3, 0.4) is 0 Å². The molecule has 0 fully saturated rings. The molecular formula is C22H32FIN4O2. The molecule has 0 atom stereocenters. The molecule has 2 aromatic carbocycles. The van der Waals surface area contributed by atoms with E-state index in [1.807, 2.05) is 37.4 Å². The minimum atomic E-state index is -0.229. The molecule has 0 radical (unpaired) electrons. The van der Waals surface area contributed by atoms with Gasteiger partial charge < -0.3 is 25.0 Å². The second kappa shape index (κ2) is 15.0. The average molecular weight is 530 g/mol. The van der Waals surface area contributed by atoms with Gasteiger partial charge in [0.05, 0.1) is 6.61 Å². The lowest BCUT2D eigenvalue weighted by Gasteiger charge is -2.16. The van der Waals surface area contributed by atoms with E-state index in [2.05, 4.69) is 20.5 Å². The van der Waals surface area contributed by atoms with E-state index < -0.39 is 0 Å². The van der Waals surface area contributed by atoms with Crippen molar-refractivity contribution in [3.63, 3.8) is 0 Å². The van der Waals surface area contributed by atoms with E-state index in [4.69, 9.17) is 9.47 Å². The summed E-state index contributed by atoms with van der Waals surface area (Å²) in [4.78, 5) is 6.36. The summed E-state index contributed by atoms with van der Waals surface area (Å²) < 4.78 is 24.7. The summed E-state index contributed by atoms with van der Waals surface area (Å²) in [5.74, 6) is 1.21. The maximum absolute atomic E-state index is 13.7. The van der Waals surface area contributed by atoms with Crippen molar-refractivity contribution in [2.45, 2.75) is 13.1 Å². The molecule has 0 aliphatic heterocycles. The fourth-order valence-electron chi connectivity index (χ4n) is 2.65. The van der Waals surface area contributed by atoms with E-state index in [0.717, 1.165) is 24.4 Å². The van der Waals surface area contributed by atoms with E-state index >= 15 is 0 Å². The van der Waals surface area contributed by atoms with Crippen LogP contribution in [-0.2, 0) is 17.8 Å². The van der Waals surface area contributed by atoms with Gasteiger partial charge in [0.25, 0.3) is 0 Å². The second-order valence-electron chi connectivity index (χ2n) is 6.66. The third-order valence-corrected chi connectivity index (χ3v) is 4.41. The van der Waals surface area contributed by atoms with Crippen molar-refractivity contribution in [3.05, 3.63) is 65.5 Å². The molecule has 0 bridgehead atoms. The number of aliphatic imine (C=N–C) groups is 1. The van der Waals surface area contributed by atoms with Gasteiger partial charge in [0.2, 0.25) is 0 Å². The highest BCUT2D eigenvalue weighted by Gasteiger charge is 2.04. The molecule has 6 nitrogen and oxygen atoms in total. The summed E-state index contributed by atoms with van der Waals surface area (Å²) >= 11 is 0. The Kier molecular flexibility index (Phi) is 13.0. The predicted octanol–water partition coefficient (Wildman–Crippen LogP) is 3.27. The highest BCUT2D eigenvalue weighted by atomic mass is 127. The number of nitrogens with zero attached hydrogens (tertiary/aromatic N) is 2. The van der Waals surface area contributed by atoms with Gasteiger partial charge in [0.1, 0.15) is 18.2 Å². The summed E-state index contributed by atoms with van der Waals surface area (Å²) in [7, 11) is 5.44. The Bertz CT molecular complexity index is 776. The number of rotatable bonds is 11. The van der Waals surface area contributed by atoms with Crippen LogP contribution in [0.1, 0.15) is 11.1 Å². The lowest BCUT2D eigenvalue weighted by atomic mass is 10.2. The van der Waals surface area contributed by atoms with Crippen LogP contribution in [0.4, 0.5) is 4.39 Å². The molecule has 0 unspecified atom stereocenters. The first kappa shape index (κ1) is 26.1. The smallest absolute Gasteiger partial charge is 0.191 e. The number of likely N-dealkylation sites (N-methyl/N-ethyl adjacent to an activating group) is 1. The summed E-state index contributed by atoms with van der Waals surface area (Å²) in [6.07, 6.45) is 0. The summed E-state index contributed by atoms with van der Waals surface area (Å²) in [5, 5.41) is 6.37. The average Bonchev–Trinajstić information content (AvgIpc) is 2.74. The molecule has 2 aromatic rings. The van der Waals surface area contributed by atoms with Crippen LogP contribution in [0.2, 0.25) is 0 Å². The zero-order chi connectivity index (χ0) is 20.9. The van der Waals surface area contributed by atoms with Crippen LogP contribution in [0.15, 0.2) is 53.5 Å². The van der Waals surface area contributed by atoms with Gasteiger partial charge in [-0.2, -0.15) is 0 Å². The number of halogens is 2. The first-order valence-electron chi connectivity index (χ1n) is 9.69. The third-order valence-electron chi connectivity index (χ3n) is 4.41. The molecule has 2 rings (SSSR count). The standard InChI is InChI=1S/C22H31FN4O2.HI/c1-24-22(26-17-19-8-4-5-10-21(19)23)25-16-18-7-6-9-20(15-18)29-14-12-27(2)11-13-28-3;/h4-10,15H,11-14,16-17H2,1-3H3,(H2,24,25,26);1H. The molecule has 0 saturated carbocycles. The molecule has 166 valence electrons. The Morgan fingerprint density at radius 2 is 1.77 bits per heavy atom. The van der Waals surface area contributed by atoms with Crippen LogP contribution >= 0.6 is 24.0 Å². The van der Waals surface area contributed by atoms with Crippen LogP contribution < -0.4 is 15.4 Å². The van der Waals surface area contributed by atoms with Crippen molar-refractivity contribution in [2.75, 3.05) is 47.5 Å². The minimum absolute atomic E-state index is 0. The maximum atomic E-state index is 13.7. The molecule has 2 N–H and O–H groups in total. The lowest BCUT2D eigenvalue weighted by Crippen LogP contribution is -2.36. The molecule has 30 heavy (non-hydrogen) atoms. The Morgan fingerprint density at radius 1 is 1.03 bits per heavy atom. The fourth-order valence-corrected chi connectivity index (χ4v) is 2.65. The lowest BCUT2D eigenvalue weighted by molar-refractivity contribution is 0.150. The largest absolute Gasteiger partial charge is 0.492 e. The molecular weight excluding hydrogens is 498 g/mol. The Labute approximate surface area is 195 Å². The van der Waals surface area contributed by atoms with E-state index in [1.165, 1.54) is 6.07 Å². The molecule has 0 heterocycles. The van der Waals surface area contributed by atoms with Gasteiger partial charge in [0, 0.05) is 45.9 Å². The number of benzene rings is 2. The predicted molar refractivity (Wildman–Crippen MR) is 130 cm³/mol. The van der Waals surface area contributed by atoms with Crippen LogP contribution in [0.5, 0.6) is 5.75 Å². The minimum Gasteiger partial charge on any atom is -0.492 e. The van der Waals surface area contributed by atoms with Crippen molar-refractivity contribution in [2.24, 2.45) is 4.99 Å². The molecule has 0 saturated heterocycles. The molecule has 8 heteroatoms. The third kappa shape index (κ3) is 9.73. The van der Waals surface area contributed by atoms with Gasteiger partial charge >= 0.3 is 0 Å². The van der Waals surface area contributed by atoms with E-state index in [9.17, 15) is 4.39 Å². The molecule has 0 aliphatic carbocycles. The van der Waals surface area contributed by atoms with Gasteiger partial charge in [-0.05, 0) is 30.8 Å². The van der Waals surface area contributed by atoms with Crippen molar-refractivity contribution in [1.29, 1.82) is 0 Å². The zero-order valence-corrected chi connectivity index (χ0v) is 20.2. The highest BCUT2D eigenvalue weighted by Crippen LogP contribution is 2.13. The van der Waals surface area contributed by atoms with Crippen molar-refractivity contribution in [3.8, 4) is 5.75 Å². The fraction of sp³-hybridized carbons (Fsp3) is 0.409. The van der Waals surface area contributed by atoms with Gasteiger partial charge in [-0.1, -0.05) is 30.3 Å². The van der Waals surface area contributed by atoms with Crippen LogP contribution in [0.25, 0.3) is 0 Å². The SMILES string of the molecule is CN=C(NCc1cccc(OCCN(C)CCOC)c1)NCc1ccccc1F.I. The quantitative estimate of drug-likeness (QED) is 0.266. The number of guanidine groups is 1. The zero-order valence-electron chi connectivity index (χ0n) is 17.9. The molecule has 0 aliphatic rings. The van der Waals surface area contributed by atoms with Gasteiger partial charge in [0.15, 0.2) is 5.96 Å². The second-order valence-corrected chi connectivity index (χ2v) is 6.66. The number of hydrogen-bond donors (Lipinski definition) is 2. The maximum Gasteiger partial charge on any atom is 0.191 e. The molecule has 0 amide bonds. The summed E-state index contributed by atoms with van der Waals surface area (Å²) in [6, 6.07) is 14.6. The Morgan fingerprint density at radius 3 is 2.50 bits per heavy atom. The number of nitrogens with one attached hydrogen (secondary N) is 2. The molecule has 0 spiro atoms. The molecule has 0 aromatic heterocycles. The first-order chi connectivity index (χ1) is 14.1. The Hall–Kier alpha value is -1.91. The van der Waals surface area contributed by atoms with Crippen molar-refractivity contribution in [1.82, 2.24) is 15.5 Å². The topological polar surface area (TPSA) is 58.1 Å². The number of hydrogen-bond acceptors (Lipinski definition) is 4. The van der Waals surface area contributed by atoms with E-state index in [-0.39, 0.29) is 29.8 Å². The number of methoxy groups -OCH3 is 1. The van der Waals surface area contributed by atoms with Crippen LogP contribution in [0, 0.1) is 5.82 Å².